The SMILES string of the molecule is CC(C)CCC[C@@H](C)[C@H]1CC[C@H]2[C@@H]3CC=C4C[C@](O)(OCC5COC(C)(C)O5)CC[C@]4(C)[C@H]3CC[C@]12C. The van der Waals surface area contributed by atoms with Crippen molar-refractivity contribution in [3.8, 4) is 0 Å². The molecule has 0 aromatic carbocycles. The number of allylic oxidation sites excluding steroid dienone is 1. The predicted molar refractivity (Wildman–Crippen MR) is 149 cm³/mol. The van der Waals surface area contributed by atoms with E-state index >= 15 is 0 Å². The summed E-state index contributed by atoms with van der Waals surface area (Å²) < 4.78 is 17.8. The lowest BCUT2D eigenvalue weighted by molar-refractivity contribution is -0.239. The lowest BCUT2D eigenvalue weighted by Gasteiger charge is -2.59. The Kier molecular flexibility index (Phi) is 7.75. The minimum absolute atomic E-state index is 0.101. The molecule has 1 unspecified atom stereocenters. The summed E-state index contributed by atoms with van der Waals surface area (Å²) >= 11 is 0. The van der Waals surface area contributed by atoms with E-state index in [1.807, 2.05) is 13.8 Å². The van der Waals surface area contributed by atoms with Gasteiger partial charge in [-0.25, -0.2) is 0 Å². The minimum atomic E-state index is -1.07. The largest absolute Gasteiger partial charge is 0.365 e. The molecule has 3 saturated carbocycles. The summed E-state index contributed by atoms with van der Waals surface area (Å²) in [6, 6.07) is 0. The van der Waals surface area contributed by atoms with Gasteiger partial charge in [-0.2, -0.15) is 0 Å². The van der Waals surface area contributed by atoms with Crippen molar-refractivity contribution in [2.45, 2.75) is 137 Å². The third kappa shape index (κ3) is 5.35. The van der Waals surface area contributed by atoms with Crippen LogP contribution >= 0.6 is 0 Å². The molecule has 212 valence electrons. The van der Waals surface area contributed by atoms with Crippen LogP contribution in [-0.4, -0.2) is 36.0 Å². The summed E-state index contributed by atoms with van der Waals surface area (Å²) in [4.78, 5) is 0. The molecule has 5 aliphatic rings. The van der Waals surface area contributed by atoms with Gasteiger partial charge in [-0.3, -0.25) is 0 Å². The summed E-state index contributed by atoms with van der Waals surface area (Å²) in [6.07, 6.45) is 15.9. The molecule has 5 rings (SSSR count). The molecular formula is C33H56O4. The molecule has 0 radical (unpaired) electrons. The highest BCUT2D eigenvalue weighted by atomic mass is 16.8. The molecule has 0 bridgehead atoms. The van der Waals surface area contributed by atoms with E-state index in [4.69, 9.17) is 14.2 Å². The maximum Gasteiger partial charge on any atom is 0.169 e. The minimum Gasteiger partial charge on any atom is -0.365 e. The fourth-order valence-electron chi connectivity index (χ4n) is 9.86. The summed E-state index contributed by atoms with van der Waals surface area (Å²) in [7, 11) is 0. The van der Waals surface area contributed by atoms with Crippen molar-refractivity contribution in [3.63, 3.8) is 0 Å². The Balaban J connectivity index is 1.23. The van der Waals surface area contributed by atoms with Gasteiger partial charge in [0, 0.05) is 12.8 Å². The number of ether oxygens (including phenoxy) is 3. The molecule has 9 atom stereocenters. The van der Waals surface area contributed by atoms with Crippen molar-refractivity contribution < 1.29 is 19.3 Å². The Morgan fingerprint density at radius 3 is 2.49 bits per heavy atom. The second-order valence-electron chi connectivity index (χ2n) is 15.2. The molecule has 4 aliphatic carbocycles. The van der Waals surface area contributed by atoms with E-state index < -0.39 is 11.6 Å². The number of aliphatic hydroxyl groups is 1. The van der Waals surface area contributed by atoms with Crippen LogP contribution in [0.15, 0.2) is 11.6 Å². The molecule has 4 fully saturated rings. The molecule has 0 spiro atoms. The van der Waals surface area contributed by atoms with Crippen molar-refractivity contribution in [1.82, 2.24) is 0 Å². The zero-order valence-corrected chi connectivity index (χ0v) is 25.0. The van der Waals surface area contributed by atoms with Crippen LogP contribution in [-0.2, 0) is 14.2 Å². The highest BCUT2D eigenvalue weighted by molar-refractivity contribution is 5.26. The molecular weight excluding hydrogens is 460 g/mol. The summed E-state index contributed by atoms with van der Waals surface area (Å²) in [5, 5.41) is 11.4. The summed E-state index contributed by atoms with van der Waals surface area (Å²) in [5.74, 6) is 3.42. The standard InChI is InChI=1S/C33H56O4/c1-22(2)9-8-10-23(3)27-13-14-28-26-12-11-24-19-33(34,36-21-25-20-35-30(4,5)37-25)18-17-31(24,6)29(26)15-16-32(27,28)7/h11,22-23,25-29,34H,8-10,12-21H2,1-7H3/t23-,25?,26+,27-,28+,29+,31+,32-,33-/m1/s1. The molecule has 1 N–H and O–H groups in total. The van der Waals surface area contributed by atoms with Gasteiger partial charge in [0.25, 0.3) is 0 Å². The van der Waals surface area contributed by atoms with Gasteiger partial charge in [0.2, 0.25) is 0 Å². The highest BCUT2D eigenvalue weighted by Crippen LogP contribution is 2.67. The van der Waals surface area contributed by atoms with Gasteiger partial charge in [-0.05, 0) is 98.7 Å². The quantitative estimate of drug-likeness (QED) is 0.263. The van der Waals surface area contributed by atoms with Gasteiger partial charge in [-0.1, -0.05) is 65.5 Å². The van der Waals surface area contributed by atoms with E-state index in [1.165, 1.54) is 56.9 Å². The average Bonchev–Trinajstić information content (AvgIpc) is 3.36. The zero-order chi connectivity index (χ0) is 26.6. The van der Waals surface area contributed by atoms with Crippen molar-refractivity contribution in [1.29, 1.82) is 0 Å². The first-order valence-electron chi connectivity index (χ1n) is 15.7. The van der Waals surface area contributed by atoms with E-state index in [9.17, 15) is 5.11 Å². The van der Waals surface area contributed by atoms with Crippen LogP contribution in [0.2, 0.25) is 0 Å². The Hall–Kier alpha value is -0.420. The summed E-state index contributed by atoms with van der Waals surface area (Å²) in [5.41, 5.74) is 2.21. The van der Waals surface area contributed by atoms with Crippen molar-refractivity contribution >= 4 is 0 Å². The van der Waals surface area contributed by atoms with Crippen LogP contribution in [0.25, 0.3) is 0 Å². The monoisotopic (exact) mass is 516 g/mol. The van der Waals surface area contributed by atoms with Crippen LogP contribution < -0.4 is 0 Å². The summed E-state index contributed by atoms with van der Waals surface area (Å²) in [6.45, 7) is 17.3. The van der Waals surface area contributed by atoms with E-state index in [-0.39, 0.29) is 11.5 Å². The molecule has 4 heteroatoms. The highest BCUT2D eigenvalue weighted by Gasteiger charge is 2.60. The molecule has 4 nitrogen and oxygen atoms in total. The third-order valence-corrected chi connectivity index (χ3v) is 11.9. The Morgan fingerprint density at radius 2 is 1.78 bits per heavy atom. The van der Waals surface area contributed by atoms with E-state index in [0.717, 1.165) is 48.3 Å². The molecule has 0 aromatic heterocycles. The lowest BCUT2D eigenvalue weighted by Crippen LogP contribution is -2.53. The molecule has 1 saturated heterocycles. The second-order valence-corrected chi connectivity index (χ2v) is 15.2. The Morgan fingerprint density at radius 1 is 1.00 bits per heavy atom. The van der Waals surface area contributed by atoms with Crippen LogP contribution in [0.4, 0.5) is 0 Å². The van der Waals surface area contributed by atoms with Crippen molar-refractivity contribution in [2.75, 3.05) is 13.2 Å². The Bertz CT molecular complexity index is 849. The fraction of sp³-hybridized carbons (Fsp3) is 0.939. The molecule has 0 aromatic rings. The van der Waals surface area contributed by atoms with Crippen LogP contribution in [0.1, 0.15) is 119 Å². The molecule has 1 aliphatic heterocycles. The first-order chi connectivity index (χ1) is 17.4. The molecule has 0 amide bonds. The number of rotatable bonds is 8. The van der Waals surface area contributed by atoms with Gasteiger partial charge in [0.1, 0.15) is 6.10 Å². The first kappa shape index (κ1) is 28.1. The van der Waals surface area contributed by atoms with Gasteiger partial charge in [-0.15, -0.1) is 0 Å². The normalized spacial score (nSPS) is 45.8. The third-order valence-electron chi connectivity index (χ3n) is 11.9. The zero-order valence-electron chi connectivity index (χ0n) is 25.0. The first-order valence-corrected chi connectivity index (χ1v) is 15.7. The van der Waals surface area contributed by atoms with Crippen LogP contribution in [0.5, 0.6) is 0 Å². The van der Waals surface area contributed by atoms with Gasteiger partial charge < -0.3 is 19.3 Å². The van der Waals surface area contributed by atoms with Crippen molar-refractivity contribution in [2.24, 2.45) is 46.3 Å². The van der Waals surface area contributed by atoms with E-state index in [2.05, 4.69) is 40.7 Å². The van der Waals surface area contributed by atoms with E-state index in [0.29, 0.717) is 25.0 Å². The molecule has 1 heterocycles. The number of fused-ring (bicyclic) bond motifs is 5. The Labute approximate surface area is 227 Å². The van der Waals surface area contributed by atoms with Crippen LogP contribution in [0.3, 0.4) is 0 Å². The lowest BCUT2D eigenvalue weighted by atomic mass is 9.46. The maximum absolute atomic E-state index is 11.4. The van der Waals surface area contributed by atoms with Gasteiger partial charge in [0.05, 0.1) is 13.2 Å². The maximum atomic E-state index is 11.4. The van der Waals surface area contributed by atoms with E-state index in [1.54, 1.807) is 0 Å². The fourth-order valence-corrected chi connectivity index (χ4v) is 9.86. The average molecular weight is 517 g/mol. The number of hydrogen-bond donors (Lipinski definition) is 1. The topological polar surface area (TPSA) is 47.9 Å². The number of hydrogen-bond acceptors (Lipinski definition) is 4. The smallest absolute Gasteiger partial charge is 0.169 e. The van der Waals surface area contributed by atoms with Crippen LogP contribution in [0, 0.1) is 46.3 Å². The van der Waals surface area contributed by atoms with Crippen molar-refractivity contribution in [3.05, 3.63) is 11.6 Å². The van der Waals surface area contributed by atoms with Gasteiger partial charge in [0.15, 0.2) is 11.6 Å². The second kappa shape index (κ2) is 10.2. The molecule has 37 heavy (non-hydrogen) atoms. The van der Waals surface area contributed by atoms with Gasteiger partial charge >= 0.3 is 0 Å². The predicted octanol–water partition coefficient (Wildman–Crippen LogP) is 7.88.